The van der Waals surface area contributed by atoms with E-state index in [2.05, 4.69) is 68.4 Å². The standard InChI is InChI=1S/C16H18.6CH4/c1-13(2)12-14-8-10-16(11-9-14)15-6-4-3-5-7-15;;;;;;/h3-11,13H,12H2,1-2H3;6*1H4. The Labute approximate surface area is 142 Å². The molecule has 0 heteroatoms. The molecule has 0 unspecified atom stereocenters. The second-order valence-electron chi connectivity index (χ2n) is 4.66. The first-order chi connectivity index (χ1) is 7.75. The van der Waals surface area contributed by atoms with Crippen LogP contribution in [0.3, 0.4) is 0 Å². The molecular weight excluding hydrogens is 264 g/mol. The highest BCUT2D eigenvalue weighted by molar-refractivity contribution is 5.63. The van der Waals surface area contributed by atoms with Crippen LogP contribution in [0.2, 0.25) is 0 Å². The molecule has 2 aromatic rings. The van der Waals surface area contributed by atoms with E-state index in [0.717, 1.165) is 12.3 Å². The summed E-state index contributed by atoms with van der Waals surface area (Å²) in [5.41, 5.74) is 4.02. The summed E-state index contributed by atoms with van der Waals surface area (Å²) in [6, 6.07) is 19.4. The van der Waals surface area contributed by atoms with Gasteiger partial charge in [0.1, 0.15) is 0 Å². The molecule has 0 amide bonds. The number of rotatable bonds is 3. The van der Waals surface area contributed by atoms with E-state index in [1.807, 2.05) is 0 Å². The van der Waals surface area contributed by atoms with Crippen molar-refractivity contribution in [2.75, 3.05) is 0 Å². The molecule has 0 atom stereocenters. The van der Waals surface area contributed by atoms with E-state index in [-0.39, 0.29) is 44.6 Å². The molecule has 0 N–H and O–H groups in total. The van der Waals surface area contributed by atoms with Crippen molar-refractivity contribution in [1.82, 2.24) is 0 Å². The Morgan fingerprint density at radius 1 is 0.591 bits per heavy atom. The van der Waals surface area contributed by atoms with Gasteiger partial charge in [-0.25, -0.2) is 0 Å². The van der Waals surface area contributed by atoms with Crippen molar-refractivity contribution >= 4 is 0 Å². The smallest absolute Gasteiger partial charge is 0.0184 e. The molecule has 0 fully saturated rings. The van der Waals surface area contributed by atoms with E-state index in [4.69, 9.17) is 0 Å². The fraction of sp³-hybridized carbons (Fsp3) is 0.455. The van der Waals surface area contributed by atoms with Crippen molar-refractivity contribution in [2.45, 2.75) is 64.8 Å². The first-order valence-corrected chi connectivity index (χ1v) is 5.90. The Morgan fingerprint density at radius 3 is 1.41 bits per heavy atom. The SMILES string of the molecule is C.C.C.C.C.C.CC(C)Cc1ccc(-c2ccccc2)cc1. The molecule has 0 aliphatic carbocycles. The molecular formula is C22H42. The van der Waals surface area contributed by atoms with E-state index in [9.17, 15) is 0 Å². The zero-order valence-electron chi connectivity index (χ0n) is 9.98. The summed E-state index contributed by atoms with van der Waals surface area (Å²) in [6.07, 6.45) is 1.16. The van der Waals surface area contributed by atoms with Gasteiger partial charge in [0.2, 0.25) is 0 Å². The first-order valence-electron chi connectivity index (χ1n) is 5.90. The predicted molar refractivity (Wildman–Crippen MR) is 111 cm³/mol. The van der Waals surface area contributed by atoms with Crippen LogP contribution in [0, 0.1) is 5.92 Å². The van der Waals surface area contributed by atoms with Crippen molar-refractivity contribution in [3.8, 4) is 11.1 Å². The average molecular weight is 307 g/mol. The molecule has 0 bridgehead atoms. The average Bonchev–Trinajstić information content (AvgIpc) is 2.30. The van der Waals surface area contributed by atoms with Crippen LogP contribution in [-0.2, 0) is 6.42 Å². The molecule has 0 aliphatic rings. The van der Waals surface area contributed by atoms with Crippen LogP contribution in [0.1, 0.15) is 64.0 Å². The molecule has 0 aliphatic heterocycles. The lowest BCUT2D eigenvalue weighted by atomic mass is 9.99. The summed E-state index contributed by atoms with van der Waals surface area (Å²) in [7, 11) is 0. The Kier molecular flexibility index (Phi) is 23.3. The monoisotopic (exact) mass is 306 g/mol. The van der Waals surface area contributed by atoms with Crippen molar-refractivity contribution in [1.29, 1.82) is 0 Å². The Morgan fingerprint density at radius 2 is 1.00 bits per heavy atom. The third kappa shape index (κ3) is 9.39. The molecule has 0 nitrogen and oxygen atoms in total. The van der Waals surface area contributed by atoms with Crippen molar-refractivity contribution in [3.63, 3.8) is 0 Å². The minimum absolute atomic E-state index is 0. The molecule has 0 saturated carbocycles. The zero-order chi connectivity index (χ0) is 11.4. The van der Waals surface area contributed by atoms with Crippen molar-refractivity contribution in [3.05, 3.63) is 60.2 Å². The predicted octanol–water partition coefficient (Wildman–Crippen LogP) is 8.37. The lowest BCUT2D eigenvalue weighted by Crippen LogP contribution is -1.93. The van der Waals surface area contributed by atoms with E-state index in [0.29, 0.717) is 0 Å². The van der Waals surface area contributed by atoms with E-state index >= 15 is 0 Å². The van der Waals surface area contributed by atoms with Gasteiger partial charge in [0.05, 0.1) is 0 Å². The highest BCUT2D eigenvalue weighted by atomic mass is 14.0. The minimum atomic E-state index is 0. The van der Waals surface area contributed by atoms with Gasteiger partial charge in [0.25, 0.3) is 0 Å². The van der Waals surface area contributed by atoms with Crippen LogP contribution in [0.4, 0.5) is 0 Å². The van der Waals surface area contributed by atoms with Gasteiger partial charge in [-0.15, -0.1) is 0 Å². The molecule has 0 radical (unpaired) electrons. The Bertz CT molecular complexity index is 423. The van der Waals surface area contributed by atoms with Crippen LogP contribution in [0.15, 0.2) is 54.6 Å². The second kappa shape index (κ2) is 15.8. The van der Waals surface area contributed by atoms with Gasteiger partial charge in [0, 0.05) is 0 Å². The van der Waals surface area contributed by atoms with E-state index < -0.39 is 0 Å². The molecule has 0 aromatic heterocycles. The summed E-state index contributed by atoms with van der Waals surface area (Å²) in [6.45, 7) is 4.51. The Hall–Kier alpha value is -1.56. The maximum atomic E-state index is 2.26. The second-order valence-corrected chi connectivity index (χ2v) is 4.66. The summed E-state index contributed by atoms with van der Waals surface area (Å²) in [5, 5.41) is 0. The molecule has 2 aromatic carbocycles. The first kappa shape index (κ1) is 32.4. The molecule has 2 rings (SSSR count). The van der Waals surface area contributed by atoms with Gasteiger partial charge in [-0.3, -0.25) is 0 Å². The third-order valence-corrected chi connectivity index (χ3v) is 2.71. The number of hydrogen-bond acceptors (Lipinski definition) is 0. The van der Waals surface area contributed by atoms with Crippen LogP contribution in [0.5, 0.6) is 0 Å². The lowest BCUT2D eigenvalue weighted by Gasteiger charge is -2.06. The molecule has 0 spiro atoms. The topological polar surface area (TPSA) is 0 Å². The fourth-order valence-corrected chi connectivity index (χ4v) is 1.94. The van der Waals surface area contributed by atoms with Crippen molar-refractivity contribution < 1.29 is 0 Å². The van der Waals surface area contributed by atoms with Gasteiger partial charge in [-0.1, -0.05) is 113 Å². The normalized spacial score (nSPS) is 7.77. The van der Waals surface area contributed by atoms with Crippen LogP contribution in [-0.4, -0.2) is 0 Å². The van der Waals surface area contributed by atoms with Crippen LogP contribution >= 0.6 is 0 Å². The quantitative estimate of drug-likeness (QED) is 0.534. The van der Waals surface area contributed by atoms with Gasteiger partial charge in [0.15, 0.2) is 0 Å². The minimum Gasteiger partial charge on any atom is -0.0776 e. The molecule has 130 valence electrons. The van der Waals surface area contributed by atoms with E-state index in [1.54, 1.807) is 0 Å². The highest BCUT2D eigenvalue weighted by Crippen LogP contribution is 2.20. The zero-order valence-corrected chi connectivity index (χ0v) is 9.98. The van der Waals surface area contributed by atoms with Gasteiger partial charge < -0.3 is 0 Å². The van der Waals surface area contributed by atoms with E-state index in [1.165, 1.54) is 16.7 Å². The fourth-order valence-electron chi connectivity index (χ4n) is 1.94. The van der Waals surface area contributed by atoms with Gasteiger partial charge in [-0.05, 0) is 29.0 Å². The largest absolute Gasteiger partial charge is 0.0776 e. The van der Waals surface area contributed by atoms with Gasteiger partial charge in [-0.2, -0.15) is 0 Å². The summed E-state index contributed by atoms with van der Waals surface area (Å²) >= 11 is 0. The van der Waals surface area contributed by atoms with Crippen LogP contribution < -0.4 is 0 Å². The maximum absolute atomic E-state index is 2.26. The highest BCUT2D eigenvalue weighted by Gasteiger charge is 1.99. The summed E-state index contributed by atoms with van der Waals surface area (Å²) < 4.78 is 0. The maximum Gasteiger partial charge on any atom is -0.0184 e. The summed E-state index contributed by atoms with van der Waals surface area (Å²) in [4.78, 5) is 0. The number of hydrogen-bond donors (Lipinski definition) is 0. The van der Waals surface area contributed by atoms with Gasteiger partial charge >= 0.3 is 0 Å². The molecule has 0 saturated heterocycles. The van der Waals surface area contributed by atoms with Crippen molar-refractivity contribution in [2.24, 2.45) is 5.92 Å². The van der Waals surface area contributed by atoms with Crippen LogP contribution in [0.25, 0.3) is 11.1 Å². The number of benzene rings is 2. The summed E-state index contributed by atoms with van der Waals surface area (Å²) in [5.74, 6) is 0.725. The third-order valence-electron chi connectivity index (χ3n) is 2.71. The molecule has 0 heterocycles. The molecule has 22 heavy (non-hydrogen) atoms. The Balaban J connectivity index is -0.000000161. The lowest BCUT2D eigenvalue weighted by molar-refractivity contribution is 0.647.